The van der Waals surface area contributed by atoms with E-state index in [0.29, 0.717) is 0 Å². The van der Waals surface area contributed by atoms with Crippen LogP contribution in [0.2, 0.25) is 0 Å². The molecule has 0 spiro atoms. The first-order valence-corrected chi connectivity index (χ1v) is 7.47. The van der Waals surface area contributed by atoms with Gasteiger partial charge in [0, 0.05) is 16.7 Å². The van der Waals surface area contributed by atoms with Crippen LogP contribution in [0.1, 0.15) is 21.9 Å². The number of aromatic nitrogens is 3. The number of para-hydroxylation sites is 1. The zero-order valence-electron chi connectivity index (χ0n) is 12.1. The second-order valence-corrected chi connectivity index (χ2v) is 5.75. The van der Waals surface area contributed by atoms with Crippen molar-refractivity contribution in [3.05, 3.63) is 53.7 Å². The first-order chi connectivity index (χ1) is 10.6. The van der Waals surface area contributed by atoms with Crippen molar-refractivity contribution in [1.82, 2.24) is 15.4 Å². The molecule has 0 bridgehead atoms. The summed E-state index contributed by atoms with van der Waals surface area (Å²) in [4.78, 5) is 14.1. The number of H-pyrrole nitrogens is 1. The predicted molar refractivity (Wildman–Crippen MR) is 83.1 cm³/mol. The molecular formula is C15H14N4O2S. The van der Waals surface area contributed by atoms with Crippen LogP contribution in [0.4, 0.5) is 5.69 Å². The summed E-state index contributed by atoms with van der Waals surface area (Å²) in [5, 5.41) is 13.6. The minimum absolute atomic E-state index is 0.246. The van der Waals surface area contributed by atoms with Gasteiger partial charge in [-0.05, 0) is 26.0 Å². The third kappa shape index (κ3) is 2.89. The van der Waals surface area contributed by atoms with Gasteiger partial charge in [0.2, 0.25) is 0 Å². The minimum atomic E-state index is -0.303. The van der Waals surface area contributed by atoms with E-state index >= 15 is 0 Å². The molecule has 0 aliphatic rings. The molecule has 0 atom stereocenters. The molecule has 0 aliphatic heterocycles. The van der Waals surface area contributed by atoms with Crippen LogP contribution < -0.4 is 5.32 Å². The highest BCUT2D eigenvalue weighted by molar-refractivity contribution is 7.99. The van der Waals surface area contributed by atoms with E-state index in [1.54, 1.807) is 11.8 Å². The second-order valence-electron chi connectivity index (χ2n) is 4.70. The van der Waals surface area contributed by atoms with Crippen LogP contribution in [0.5, 0.6) is 0 Å². The first-order valence-electron chi connectivity index (χ1n) is 6.65. The van der Waals surface area contributed by atoms with Gasteiger partial charge in [-0.2, -0.15) is 5.10 Å². The Labute approximate surface area is 131 Å². The van der Waals surface area contributed by atoms with E-state index in [4.69, 9.17) is 4.52 Å². The summed E-state index contributed by atoms with van der Waals surface area (Å²) in [6.07, 6.45) is 1.37. The number of amides is 1. The Morgan fingerprint density at radius 1 is 1.27 bits per heavy atom. The van der Waals surface area contributed by atoms with Crippen LogP contribution in [0.25, 0.3) is 0 Å². The highest BCUT2D eigenvalue weighted by Crippen LogP contribution is 2.36. The Kier molecular flexibility index (Phi) is 3.97. The Hall–Kier alpha value is -2.54. The van der Waals surface area contributed by atoms with Gasteiger partial charge in [0.05, 0.1) is 16.3 Å². The van der Waals surface area contributed by atoms with Crippen LogP contribution >= 0.6 is 11.8 Å². The summed E-state index contributed by atoms with van der Waals surface area (Å²) >= 11 is 1.56. The number of carbonyl (C=O) groups excluding carboxylic acids is 1. The predicted octanol–water partition coefficient (Wildman–Crippen LogP) is 3.42. The molecule has 0 aliphatic carbocycles. The van der Waals surface area contributed by atoms with E-state index in [9.17, 15) is 4.79 Å². The maximum atomic E-state index is 12.1. The van der Waals surface area contributed by atoms with E-state index < -0.39 is 0 Å². The zero-order valence-corrected chi connectivity index (χ0v) is 12.9. The van der Waals surface area contributed by atoms with Gasteiger partial charge in [-0.25, -0.2) is 0 Å². The quantitative estimate of drug-likeness (QED) is 0.771. The average molecular weight is 314 g/mol. The highest BCUT2D eigenvalue weighted by Gasteiger charge is 2.14. The van der Waals surface area contributed by atoms with Crippen molar-refractivity contribution in [1.29, 1.82) is 0 Å². The number of nitrogens with zero attached hydrogens (tertiary/aromatic N) is 2. The molecule has 0 saturated heterocycles. The van der Waals surface area contributed by atoms with Gasteiger partial charge in [0.1, 0.15) is 6.26 Å². The topological polar surface area (TPSA) is 83.8 Å². The average Bonchev–Trinajstić information content (AvgIpc) is 3.14. The van der Waals surface area contributed by atoms with Crippen LogP contribution in [-0.4, -0.2) is 21.3 Å². The molecule has 0 fully saturated rings. The molecular weight excluding hydrogens is 300 g/mol. The van der Waals surface area contributed by atoms with Gasteiger partial charge < -0.3 is 9.84 Å². The summed E-state index contributed by atoms with van der Waals surface area (Å²) in [5.74, 6) is -0.303. The van der Waals surface area contributed by atoms with Crippen LogP contribution in [0.3, 0.4) is 0 Å². The number of benzene rings is 1. The summed E-state index contributed by atoms with van der Waals surface area (Å²) in [6.45, 7) is 3.92. The number of hydrogen-bond donors (Lipinski definition) is 2. The first kappa shape index (κ1) is 14.4. The molecule has 1 amide bonds. The van der Waals surface area contributed by atoms with Gasteiger partial charge in [-0.3, -0.25) is 9.89 Å². The molecule has 6 nitrogen and oxygen atoms in total. The van der Waals surface area contributed by atoms with Crippen molar-refractivity contribution in [2.75, 3.05) is 5.32 Å². The maximum Gasteiger partial charge on any atom is 0.277 e. The Balaban J connectivity index is 1.86. The Bertz CT molecular complexity index is 776. The highest BCUT2D eigenvalue weighted by atomic mass is 32.2. The number of nitrogens with one attached hydrogen (secondary N) is 2. The van der Waals surface area contributed by atoms with E-state index in [-0.39, 0.29) is 11.6 Å². The van der Waals surface area contributed by atoms with Gasteiger partial charge in [-0.1, -0.05) is 29.1 Å². The van der Waals surface area contributed by atoms with Crippen molar-refractivity contribution in [2.24, 2.45) is 0 Å². The molecule has 2 aromatic heterocycles. The van der Waals surface area contributed by atoms with Gasteiger partial charge in [0.15, 0.2) is 5.69 Å². The fourth-order valence-corrected chi connectivity index (χ4v) is 2.96. The van der Waals surface area contributed by atoms with Gasteiger partial charge in [-0.15, -0.1) is 0 Å². The summed E-state index contributed by atoms with van der Waals surface area (Å²) in [6, 6.07) is 9.13. The molecule has 2 heterocycles. The lowest BCUT2D eigenvalue weighted by atomic mass is 10.3. The van der Waals surface area contributed by atoms with Crippen LogP contribution in [0.15, 0.2) is 50.9 Å². The molecule has 0 saturated carbocycles. The van der Waals surface area contributed by atoms with Crippen LogP contribution in [-0.2, 0) is 0 Å². The molecule has 22 heavy (non-hydrogen) atoms. The smallest absolute Gasteiger partial charge is 0.277 e. The number of anilines is 1. The number of carbonyl (C=O) groups is 1. The van der Waals surface area contributed by atoms with Gasteiger partial charge in [0.25, 0.3) is 5.91 Å². The Morgan fingerprint density at radius 2 is 2.09 bits per heavy atom. The summed E-state index contributed by atoms with van der Waals surface area (Å²) < 4.78 is 4.69. The normalized spacial score (nSPS) is 10.6. The molecule has 3 aromatic rings. The standard InChI is InChI=1S/C15H14N4O2S/c1-9-14(10(2)18-17-9)22-13-6-4-3-5-11(13)16-15(20)12-7-8-21-19-12/h3-8H,1-2H3,(H,16,20)(H,17,18). The van der Waals surface area contributed by atoms with Gasteiger partial charge >= 0.3 is 0 Å². The lowest BCUT2D eigenvalue weighted by molar-refractivity contribution is 0.101. The summed E-state index contributed by atoms with van der Waals surface area (Å²) in [5.41, 5.74) is 2.90. The minimum Gasteiger partial charge on any atom is -0.364 e. The van der Waals surface area contributed by atoms with Crippen molar-refractivity contribution in [2.45, 2.75) is 23.6 Å². The van der Waals surface area contributed by atoms with Crippen molar-refractivity contribution >= 4 is 23.4 Å². The van der Waals surface area contributed by atoms with Crippen molar-refractivity contribution in [3.8, 4) is 0 Å². The lowest BCUT2D eigenvalue weighted by Gasteiger charge is -2.09. The monoisotopic (exact) mass is 314 g/mol. The maximum absolute atomic E-state index is 12.1. The van der Waals surface area contributed by atoms with Crippen molar-refractivity contribution in [3.63, 3.8) is 0 Å². The molecule has 1 aromatic carbocycles. The van der Waals surface area contributed by atoms with Crippen molar-refractivity contribution < 1.29 is 9.32 Å². The third-order valence-electron chi connectivity index (χ3n) is 3.08. The third-order valence-corrected chi connectivity index (χ3v) is 4.46. The number of hydrogen-bond acceptors (Lipinski definition) is 5. The lowest BCUT2D eigenvalue weighted by Crippen LogP contribution is -2.12. The molecule has 2 N–H and O–H groups in total. The molecule has 0 radical (unpaired) electrons. The zero-order chi connectivity index (χ0) is 15.5. The fourth-order valence-electron chi connectivity index (χ4n) is 1.98. The van der Waals surface area contributed by atoms with E-state index in [1.807, 2.05) is 38.1 Å². The molecule has 112 valence electrons. The molecule has 3 rings (SSSR count). The molecule has 7 heteroatoms. The largest absolute Gasteiger partial charge is 0.364 e. The molecule has 0 unspecified atom stereocenters. The number of rotatable bonds is 4. The fraction of sp³-hybridized carbons (Fsp3) is 0.133. The van der Waals surface area contributed by atoms with E-state index in [0.717, 1.165) is 26.9 Å². The number of aromatic amines is 1. The van der Waals surface area contributed by atoms with Crippen LogP contribution in [0, 0.1) is 13.8 Å². The summed E-state index contributed by atoms with van der Waals surface area (Å²) in [7, 11) is 0. The second kappa shape index (κ2) is 6.07. The van der Waals surface area contributed by atoms with E-state index in [1.165, 1.54) is 12.3 Å². The Morgan fingerprint density at radius 3 is 2.77 bits per heavy atom. The van der Waals surface area contributed by atoms with E-state index in [2.05, 4.69) is 20.7 Å². The SMILES string of the molecule is Cc1n[nH]c(C)c1Sc1ccccc1NC(=O)c1ccon1. The number of aryl methyl sites for hydroxylation is 2.